The molecule has 8 nitrogen and oxygen atoms in total. The van der Waals surface area contributed by atoms with Crippen molar-refractivity contribution in [2.75, 3.05) is 51.3 Å². The lowest BCUT2D eigenvalue weighted by atomic mass is 9.85. The summed E-state index contributed by atoms with van der Waals surface area (Å²) in [6.45, 7) is 14.5. The number of ketones is 1. The molecule has 0 aromatic heterocycles. The number of hydrogen-bond donors (Lipinski definition) is 1. The van der Waals surface area contributed by atoms with Crippen molar-refractivity contribution in [3.8, 4) is 0 Å². The zero-order chi connectivity index (χ0) is 25.5. The topological polar surface area (TPSA) is 82.2 Å². The molecule has 192 valence electrons. The molecule has 3 aliphatic heterocycles. The van der Waals surface area contributed by atoms with Gasteiger partial charge in [0.05, 0.1) is 6.10 Å². The van der Waals surface area contributed by atoms with Gasteiger partial charge in [0.15, 0.2) is 5.78 Å². The van der Waals surface area contributed by atoms with Gasteiger partial charge in [0.1, 0.15) is 18.7 Å². The molecule has 3 saturated heterocycles. The highest BCUT2D eigenvalue weighted by Gasteiger charge is 2.54. The van der Waals surface area contributed by atoms with E-state index in [0.29, 0.717) is 12.1 Å². The Kier molecular flexibility index (Phi) is 7.25. The largest absolute Gasteiger partial charge is 0.369 e. The molecule has 3 fully saturated rings. The molecule has 0 radical (unpaired) electrons. The highest BCUT2D eigenvalue weighted by molar-refractivity contribution is 5.99. The van der Waals surface area contributed by atoms with Crippen molar-refractivity contribution in [2.45, 2.75) is 52.8 Å². The molecule has 3 heterocycles. The van der Waals surface area contributed by atoms with E-state index in [1.807, 2.05) is 45.0 Å². The number of rotatable bonds is 5. The number of hydrogen-bond acceptors (Lipinski definition) is 6. The number of amides is 2. The fourth-order valence-corrected chi connectivity index (χ4v) is 5.43. The van der Waals surface area contributed by atoms with E-state index >= 15 is 0 Å². The van der Waals surface area contributed by atoms with Gasteiger partial charge in [-0.3, -0.25) is 14.4 Å². The number of benzene rings is 1. The lowest BCUT2D eigenvalue weighted by Gasteiger charge is -2.35. The Labute approximate surface area is 209 Å². The van der Waals surface area contributed by atoms with Crippen molar-refractivity contribution in [1.82, 2.24) is 15.1 Å². The first kappa shape index (κ1) is 25.6. The first-order chi connectivity index (χ1) is 16.5. The van der Waals surface area contributed by atoms with Crippen molar-refractivity contribution in [3.63, 3.8) is 0 Å². The molecule has 8 heteroatoms. The van der Waals surface area contributed by atoms with Crippen LogP contribution in [-0.2, 0) is 14.3 Å². The lowest BCUT2D eigenvalue weighted by molar-refractivity contribution is -0.140. The first-order valence-electron chi connectivity index (χ1n) is 12.8. The molecular formula is C27H40N4O4. The van der Waals surface area contributed by atoms with Gasteiger partial charge in [0.25, 0.3) is 5.91 Å². The van der Waals surface area contributed by atoms with Gasteiger partial charge in [-0.1, -0.05) is 34.6 Å². The average Bonchev–Trinajstić information content (AvgIpc) is 3.37. The number of likely N-dealkylation sites (tertiary alicyclic amines) is 1. The van der Waals surface area contributed by atoms with E-state index in [9.17, 15) is 14.4 Å². The summed E-state index contributed by atoms with van der Waals surface area (Å²) in [5.41, 5.74) is 1.09. The maximum atomic E-state index is 13.8. The fourth-order valence-electron chi connectivity index (χ4n) is 5.43. The Morgan fingerprint density at radius 2 is 1.69 bits per heavy atom. The van der Waals surface area contributed by atoms with Crippen LogP contribution in [0.5, 0.6) is 0 Å². The van der Waals surface area contributed by atoms with Gasteiger partial charge in [-0.25, -0.2) is 0 Å². The molecule has 1 aromatic rings. The normalized spacial score (nSPS) is 26.3. The smallest absolute Gasteiger partial charge is 0.251 e. The van der Waals surface area contributed by atoms with Gasteiger partial charge in [0.2, 0.25) is 5.91 Å². The number of nitrogens with zero attached hydrogens (tertiary/aromatic N) is 3. The van der Waals surface area contributed by atoms with Crippen LogP contribution in [0.2, 0.25) is 0 Å². The summed E-state index contributed by atoms with van der Waals surface area (Å²) in [6.07, 6.45) is -0.259. The number of likely N-dealkylation sites (N-methyl/N-ethyl adjacent to an activating group) is 1. The summed E-state index contributed by atoms with van der Waals surface area (Å²) in [7, 11) is 2.12. The van der Waals surface area contributed by atoms with Crippen LogP contribution in [0.25, 0.3) is 0 Å². The predicted octanol–water partition coefficient (Wildman–Crippen LogP) is 2.03. The number of carbonyl (C=O) groups is 3. The standard InChI is InChI=1S/C27H40N4O4/c1-17(2)20-15-31(22-21(32)16-35-23(20)22)26(34)24(27(3,4)5)28-25(33)18-7-9-19(10-8-18)30-13-11-29(6)12-14-30/h7-10,17,20,22-24H,11-16H2,1-6H3,(H,28,33)/t20-,22+,23+,24?/m0/s1. The van der Waals surface area contributed by atoms with E-state index in [1.54, 1.807) is 4.90 Å². The van der Waals surface area contributed by atoms with Crippen LogP contribution >= 0.6 is 0 Å². The SMILES string of the molecule is CC(C)[C@@H]1CN(C(=O)C(NC(=O)c2ccc(N3CCN(C)CC3)cc2)C(C)(C)C)[C@@H]2C(=O)CO[C@@H]21. The number of piperazine rings is 1. The zero-order valence-electron chi connectivity index (χ0n) is 21.9. The second kappa shape index (κ2) is 9.90. The maximum Gasteiger partial charge on any atom is 0.251 e. The van der Waals surface area contributed by atoms with Crippen LogP contribution in [0, 0.1) is 17.3 Å². The number of nitrogens with one attached hydrogen (secondary N) is 1. The van der Waals surface area contributed by atoms with Gasteiger partial charge in [-0.2, -0.15) is 0 Å². The van der Waals surface area contributed by atoms with Gasteiger partial charge in [0, 0.05) is 49.9 Å². The molecule has 4 atom stereocenters. The van der Waals surface area contributed by atoms with E-state index in [-0.39, 0.29) is 42.1 Å². The molecule has 4 rings (SSSR count). The minimum absolute atomic E-state index is 0.0501. The Balaban J connectivity index is 1.49. The van der Waals surface area contributed by atoms with Gasteiger partial charge >= 0.3 is 0 Å². The van der Waals surface area contributed by atoms with Crippen molar-refractivity contribution >= 4 is 23.3 Å². The summed E-state index contributed by atoms with van der Waals surface area (Å²) in [4.78, 5) is 45.9. The maximum absolute atomic E-state index is 13.8. The summed E-state index contributed by atoms with van der Waals surface area (Å²) < 4.78 is 5.79. The number of carbonyl (C=O) groups excluding carboxylic acids is 3. The summed E-state index contributed by atoms with van der Waals surface area (Å²) in [6, 6.07) is 6.28. The van der Waals surface area contributed by atoms with Gasteiger partial charge in [-0.05, 0) is 42.6 Å². The third-order valence-corrected chi connectivity index (χ3v) is 7.75. The van der Waals surface area contributed by atoms with E-state index in [2.05, 4.69) is 36.0 Å². The van der Waals surface area contributed by atoms with Crippen LogP contribution in [0.1, 0.15) is 45.0 Å². The van der Waals surface area contributed by atoms with Crippen molar-refractivity contribution in [1.29, 1.82) is 0 Å². The quantitative estimate of drug-likeness (QED) is 0.689. The molecule has 1 N–H and O–H groups in total. The predicted molar refractivity (Wildman–Crippen MR) is 135 cm³/mol. The molecule has 35 heavy (non-hydrogen) atoms. The third kappa shape index (κ3) is 5.23. The molecule has 1 unspecified atom stereocenters. The van der Waals surface area contributed by atoms with Crippen LogP contribution < -0.4 is 10.2 Å². The van der Waals surface area contributed by atoms with Crippen molar-refractivity contribution in [2.24, 2.45) is 17.3 Å². The molecule has 1 aromatic carbocycles. The van der Waals surface area contributed by atoms with Crippen LogP contribution in [0.4, 0.5) is 5.69 Å². The monoisotopic (exact) mass is 484 g/mol. The molecule has 3 aliphatic rings. The van der Waals surface area contributed by atoms with E-state index in [4.69, 9.17) is 4.74 Å². The highest BCUT2D eigenvalue weighted by Crippen LogP contribution is 2.37. The summed E-state index contributed by atoms with van der Waals surface area (Å²) >= 11 is 0. The van der Waals surface area contributed by atoms with Crippen LogP contribution in [-0.4, -0.2) is 92.0 Å². The van der Waals surface area contributed by atoms with Crippen molar-refractivity contribution < 1.29 is 19.1 Å². The van der Waals surface area contributed by atoms with Crippen molar-refractivity contribution in [3.05, 3.63) is 29.8 Å². The Morgan fingerprint density at radius 3 is 2.26 bits per heavy atom. The average molecular weight is 485 g/mol. The molecule has 0 spiro atoms. The number of Topliss-reactive ketones (excluding diaryl/α,β-unsaturated/α-hetero) is 1. The zero-order valence-corrected chi connectivity index (χ0v) is 21.9. The first-order valence-corrected chi connectivity index (χ1v) is 12.8. The highest BCUT2D eigenvalue weighted by atomic mass is 16.5. The lowest BCUT2D eigenvalue weighted by Crippen LogP contribution is -2.57. The second-order valence-electron chi connectivity index (χ2n) is 11.7. The van der Waals surface area contributed by atoms with Gasteiger partial charge in [-0.15, -0.1) is 0 Å². The van der Waals surface area contributed by atoms with Gasteiger partial charge < -0.3 is 24.8 Å². The molecular weight excluding hydrogens is 444 g/mol. The number of anilines is 1. The van der Waals surface area contributed by atoms with E-state index in [1.165, 1.54) is 0 Å². The molecule has 2 amide bonds. The number of fused-ring (bicyclic) bond motifs is 1. The molecule has 0 saturated carbocycles. The minimum atomic E-state index is -0.757. The Bertz CT molecular complexity index is 947. The van der Waals surface area contributed by atoms with E-state index < -0.39 is 17.5 Å². The summed E-state index contributed by atoms with van der Waals surface area (Å²) in [5, 5.41) is 2.99. The summed E-state index contributed by atoms with van der Waals surface area (Å²) in [5.74, 6) is -0.156. The molecule has 0 bridgehead atoms. The Morgan fingerprint density at radius 1 is 1.06 bits per heavy atom. The Hall–Kier alpha value is -2.45. The fraction of sp³-hybridized carbons (Fsp3) is 0.667. The third-order valence-electron chi connectivity index (χ3n) is 7.75. The number of ether oxygens (including phenoxy) is 1. The minimum Gasteiger partial charge on any atom is -0.369 e. The second-order valence-corrected chi connectivity index (χ2v) is 11.7. The molecule has 0 aliphatic carbocycles. The van der Waals surface area contributed by atoms with Crippen LogP contribution in [0.15, 0.2) is 24.3 Å². The van der Waals surface area contributed by atoms with Crippen LogP contribution in [0.3, 0.4) is 0 Å². The van der Waals surface area contributed by atoms with E-state index in [0.717, 1.165) is 31.9 Å².